The summed E-state index contributed by atoms with van der Waals surface area (Å²) in [4.78, 5) is 4.67. The number of fused-ring (bicyclic) bond motifs is 1. The Kier molecular flexibility index (Phi) is 4.65. The third-order valence-electron chi connectivity index (χ3n) is 3.96. The lowest BCUT2D eigenvalue weighted by Gasteiger charge is -2.37. The number of imidazole rings is 1. The van der Waals surface area contributed by atoms with Crippen LogP contribution < -0.4 is 0 Å². The van der Waals surface area contributed by atoms with Crippen LogP contribution in [0.3, 0.4) is 0 Å². The number of aromatic nitrogens is 2. The molecule has 1 saturated carbocycles. The molecule has 0 unspecified atom stereocenters. The van der Waals surface area contributed by atoms with Gasteiger partial charge in [0.05, 0.1) is 27.2 Å². The van der Waals surface area contributed by atoms with Gasteiger partial charge in [0.2, 0.25) is 0 Å². The van der Waals surface area contributed by atoms with Gasteiger partial charge in [-0.1, -0.05) is 23.2 Å². The van der Waals surface area contributed by atoms with Gasteiger partial charge in [0.1, 0.15) is 5.82 Å². The molecule has 1 aromatic carbocycles. The Labute approximate surface area is 139 Å². The molecular formula is C15H17Cl3N2O. The van der Waals surface area contributed by atoms with E-state index in [-0.39, 0.29) is 0 Å². The lowest BCUT2D eigenvalue weighted by molar-refractivity contribution is -0.0192. The molecule has 1 aliphatic carbocycles. The van der Waals surface area contributed by atoms with Crippen LogP contribution in [-0.2, 0) is 11.2 Å². The molecule has 1 heterocycles. The molecule has 1 fully saturated rings. The van der Waals surface area contributed by atoms with E-state index in [2.05, 4.69) is 9.55 Å². The third kappa shape index (κ3) is 2.89. The average Bonchev–Trinajstić information content (AvgIpc) is 2.72. The third-order valence-corrected chi connectivity index (χ3v) is 4.87. The van der Waals surface area contributed by atoms with Crippen LogP contribution in [0.1, 0.15) is 31.6 Å². The molecule has 1 aliphatic rings. The fraction of sp³-hybridized carbons (Fsp3) is 0.533. The number of benzene rings is 1. The maximum Gasteiger partial charge on any atom is 0.111 e. The quantitative estimate of drug-likeness (QED) is 0.722. The molecule has 6 heteroatoms. The number of aryl methyl sites for hydroxylation is 1. The van der Waals surface area contributed by atoms with Gasteiger partial charge in [-0.15, -0.1) is 11.6 Å². The minimum atomic E-state index is 0.351. The molecule has 1 aromatic heterocycles. The number of hydrogen-bond donors (Lipinski definition) is 0. The van der Waals surface area contributed by atoms with E-state index in [0.29, 0.717) is 28.1 Å². The maximum atomic E-state index is 6.17. The van der Waals surface area contributed by atoms with Crippen molar-refractivity contribution < 1.29 is 4.74 Å². The minimum absolute atomic E-state index is 0.351. The molecule has 0 N–H and O–H groups in total. The standard InChI is InChI=1S/C15H17Cl3N2O/c1-2-21-10-5-9(6-10)20-14-8-12(18)11(17)7-13(14)19-15(20)3-4-16/h7-10H,2-6H2,1H3. The highest BCUT2D eigenvalue weighted by Gasteiger charge is 2.33. The summed E-state index contributed by atoms with van der Waals surface area (Å²) >= 11 is 18.2. The van der Waals surface area contributed by atoms with Crippen LogP contribution in [0.4, 0.5) is 0 Å². The van der Waals surface area contributed by atoms with Gasteiger partial charge in [0, 0.05) is 24.9 Å². The van der Waals surface area contributed by atoms with E-state index in [1.54, 1.807) is 0 Å². The average molecular weight is 348 g/mol. The molecule has 0 aliphatic heterocycles. The smallest absolute Gasteiger partial charge is 0.111 e. The molecule has 0 spiro atoms. The Hall–Kier alpha value is -0.480. The number of hydrogen-bond acceptors (Lipinski definition) is 2. The monoisotopic (exact) mass is 346 g/mol. The van der Waals surface area contributed by atoms with Crippen molar-refractivity contribution in [3.05, 3.63) is 28.0 Å². The Bertz CT molecular complexity index is 650. The summed E-state index contributed by atoms with van der Waals surface area (Å²) in [5.74, 6) is 1.55. The van der Waals surface area contributed by atoms with E-state index in [9.17, 15) is 0 Å². The first-order chi connectivity index (χ1) is 10.1. The van der Waals surface area contributed by atoms with Gasteiger partial charge in [-0.25, -0.2) is 4.98 Å². The van der Waals surface area contributed by atoms with Gasteiger partial charge >= 0.3 is 0 Å². The zero-order valence-corrected chi connectivity index (χ0v) is 14.0. The minimum Gasteiger partial charge on any atom is -0.378 e. The Morgan fingerprint density at radius 2 is 2.00 bits per heavy atom. The Balaban J connectivity index is 1.98. The molecule has 0 saturated heterocycles. The predicted molar refractivity (Wildman–Crippen MR) is 87.9 cm³/mol. The first-order valence-corrected chi connectivity index (χ1v) is 8.46. The Morgan fingerprint density at radius 3 is 2.67 bits per heavy atom. The summed E-state index contributed by atoms with van der Waals surface area (Å²) in [7, 11) is 0. The van der Waals surface area contributed by atoms with Gasteiger partial charge in [0.15, 0.2) is 0 Å². The number of halogens is 3. The topological polar surface area (TPSA) is 27.1 Å². The van der Waals surface area contributed by atoms with Crippen molar-refractivity contribution >= 4 is 45.8 Å². The fourth-order valence-electron chi connectivity index (χ4n) is 2.93. The molecule has 3 rings (SSSR count). The molecule has 0 atom stereocenters. The van der Waals surface area contributed by atoms with Crippen LogP contribution >= 0.6 is 34.8 Å². The van der Waals surface area contributed by atoms with Crippen molar-refractivity contribution in [2.75, 3.05) is 12.5 Å². The van der Waals surface area contributed by atoms with Crippen molar-refractivity contribution in [3.8, 4) is 0 Å². The van der Waals surface area contributed by atoms with Gasteiger partial charge in [-0.2, -0.15) is 0 Å². The molecule has 3 nitrogen and oxygen atoms in total. The molecule has 0 amide bonds. The van der Waals surface area contributed by atoms with Crippen molar-refractivity contribution in [1.82, 2.24) is 9.55 Å². The second-order valence-corrected chi connectivity index (χ2v) is 6.49. The summed E-state index contributed by atoms with van der Waals surface area (Å²) in [5, 5.41) is 1.09. The maximum absolute atomic E-state index is 6.17. The van der Waals surface area contributed by atoms with E-state index < -0.39 is 0 Å². The van der Waals surface area contributed by atoms with E-state index in [4.69, 9.17) is 39.5 Å². The van der Waals surface area contributed by atoms with E-state index in [0.717, 1.165) is 42.7 Å². The first-order valence-electron chi connectivity index (χ1n) is 7.17. The molecule has 114 valence electrons. The van der Waals surface area contributed by atoms with Gasteiger partial charge in [0.25, 0.3) is 0 Å². The number of ether oxygens (including phenoxy) is 1. The van der Waals surface area contributed by atoms with E-state index >= 15 is 0 Å². The summed E-state index contributed by atoms with van der Waals surface area (Å²) in [6, 6.07) is 4.13. The zero-order valence-electron chi connectivity index (χ0n) is 11.8. The molecule has 0 radical (unpaired) electrons. The van der Waals surface area contributed by atoms with Crippen molar-refractivity contribution in [3.63, 3.8) is 0 Å². The molecule has 0 bridgehead atoms. The van der Waals surface area contributed by atoms with Gasteiger partial charge in [-0.3, -0.25) is 0 Å². The molecule has 21 heavy (non-hydrogen) atoms. The van der Waals surface area contributed by atoms with E-state index in [1.807, 2.05) is 19.1 Å². The number of nitrogens with zero attached hydrogens (tertiary/aromatic N) is 2. The highest BCUT2D eigenvalue weighted by molar-refractivity contribution is 6.42. The summed E-state index contributed by atoms with van der Waals surface area (Å²) in [6.45, 7) is 2.79. The van der Waals surface area contributed by atoms with Gasteiger partial charge in [-0.05, 0) is 31.9 Å². The molecular weight excluding hydrogens is 331 g/mol. The van der Waals surface area contributed by atoms with Crippen molar-refractivity contribution in [1.29, 1.82) is 0 Å². The Morgan fingerprint density at radius 1 is 1.29 bits per heavy atom. The van der Waals surface area contributed by atoms with Crippen LogP contribution in [-0.4, -0.2) is 28.1 Å². The summed E-state index contributed by atoms with van der Waals surface area (Å²) in [5.41, 5.74) is 1.91. The summed E-state index contributed by atoms with van der Waals surface area (Å²) in [6.07, 6.45) is 3.11. The normalized spacial score (nSPS) is 21.7. The second-order valence-electron chi connectivity index (χ2n) is 5.29. The number of rotatable bonds is 5. The van der Waals surface area contributed by atoms with Crippen LogP contribution in [0.5, 0.6) is 0 Å². The van der Waals surface area contributed by atoms with Crippen LogP contribution in [0.15, 0.2) is 12.1 Å². The van der Waals surface area contributed by atoms with Crippen LogP contribution in [0, 0.1) is 0 Å². The van der Waals surface area contributed by atoms with Gasteiger partial charge < -0.3 is 9.30 Å². The predicted octanol–water partition coefficient (Wildman–Crippen LogP) is 4.86. The van der Waals surface area contributed by atoms with Crippen molar-refractivity contribution in [2.24, 2.45) is 0 Å². The van der Waals surface area contributed by atoms with E-state index in [1.165, 1.54) is 0 Å². The van der Waals surface area contributed by atoms with Crippen LogP contribution in [0.2, 0.25) is 10.0 Å². The first kappa shape index (κ1) is 15.4. The zero-order chi connectivity index (χ0) is 15.0. The van der Waals surface area contributed by atoms with Crippen molar-refractivity contribution in [2.45, 2.75) is 38.3 Å². The molecule has 2 aromatic rings. The largest absolute Gasteiger partial charge is 0.378 e. The van der Waals surface area contributed by atoms with Crippen LogP contribution in [0.25, 0.3) is 11.0 Å². The highest BCUT2D eigenvalue weighted by Crippen LogP contribution is 2.39. The fourth-order valence-corrected chi connectivity index (χ4v) is 3.41. The SMILES string of the molecule is CCOC1CC(n2c(CCCl)nc3cc(Cl)c(Cl)cc32)C1. The lowest BCUT2D eigenvalue weighted by Crippen LogP contribution is -2.34. The lowest BCUT2D eigenvalue weighted by atomic mass is 9.88. The summed E-state index contributed by atoms with van der Waals surface area (Å²) < 4.78 is 7.91. The number of alkyl halides is 1. The second kappa shape index (κ2) is 6.33. The highest BCUT2D eigenvalue weighted by atomic mass is 35.5.